The number of likely N-dealkylation sites (tertiary alicyclic amines) is 1. The van der Waals surface area contributed by atoms with Gasteiger partial charge >= 0.3 is 5.97 Å². The predicted octanol–water partition coefficient (Wildman–Crippen LogP) is 2.15. The van der Waals surface area contributed by atoms with Gasteiger partial charge < -0.3 is 15.4 Å². The van der Waals surface area contributed by atoms with Crippen LogP contribution in [0, 0.1) is 5.92 Å². The highest BCUT2D eigenvalue weighted by Crippen LogP contribution is 2.26. The molecule has 2 fully saturated rings. The number of primary amides is 1. The molecule has 0 aromatic rings. The Morgan fingerprint density at radius 1 is 1.29 bits per heavy atom. The maximum Gasteiger partial charge on any atom is 0.306 e. The Kier molecular flexibility index (Phi) is 7.06. The fourth-order valence-electron chi connectivity index (χ4n) is 3.85. The second-order valence-corrected chi connectivity index (χ2v) is 7.11. The van der Waals surface area contributed by atoms with Crippen molar-refractivity contribution >= 4 is 17.8 Å². The summed E-state index contributed by atoms with van der Waals surface area (Å²) in [5.74, 6) is -0.563. The molecule has 2 unspecified atom stereocenters. The van der Waals surface area contributed by atoms with Gasteiger partial charge in [0.15, 0.2) is 0 Å². The molecule has 0 spiro atoms. The summed E-state index contributed by atoms with van der Waals surface area (Å²) in [5.41, 5.74) is 5.48. The number of rotatable bonds is 8. The van der Waals surface area contributed by atoms with Crippen molar-refractivity contribution < 1.29 is 19.1 Å². The standard InChI is InChI=1S/C18H30N2O4/c1-2-6-13-11-16(21)20(12-13)15(18(19)23)9-10-17(22)24-14-7-4-3-5-8-14/h13-15H,2-12H2,1H3,(H2,19,23). The molecule has 2 rings (SSSR count). The van der Waals surface area contributed by atoms with Crippen molar-refractivity contribution in [2.75, 3.05) is 6.54 Å². The highest BCUT2D eigenvalue weighted by atomic mass is 16.5. The number of carbonyl (C=O) groups is 3. The molecule has 0 radical (unpaired) electrons. The number of hydrogen-bond donors (Lipinski definition) is 1. The lowest BCUT2D eigenvalue weighted by molar-refractivity contribution is -0.151. The Morgan fingerprint density at radius 3 is 2.62 bits per heavy atom. The minimum atomic E-state index is -0.696. The van der Waals surface area contributed by atoms with Crippen LogP contribution in [0.3, 0.4) is 0 Å². The van der Waals surface area contributed by atoms with Crippen molar-refractivity contribution in [3.8, 4) is 0 Å². The van der Waals surface area contributed by atoms with E-state index >= 15 is 0 Å². The molecule has 0 aromatic carbocycles. The van der Waals surface area contributed by atoms with Gasteiger partial charge in [0, 0.05) is 19.4 Å². The number of ether oxygens (including phenoxy) is 1. The van der Waals surface area contributed by atoms with Crippen LogP contribution in [0.1, 0.15) is 71.1 Å². The monoisotopic (exact) mass is 338 g/mol. The van der Waals surface area contributed by atoms with E-state index in [-0.39, 0.29) is 30.8 Å². The van der Waals surface area contributed by atoms with E-state index in [1.165, 1.54) is 6.42 Å². The summed E-state index contributed by atoms with van der Waals surface area (Å²) in [6.45, 7) is 2.65. The molecule has 1 saturated heterocycles. The minimum Gasteiger partial charge on any atom is -0.462 e. The summed E-state index contributed by atoms with van der Waals surface area (Å²) in [7, 11) is 0. The minimum absolute atomic E-state index is 0.0145. The largest absolute Gasteiger partial charge is 0.462 e. The molecular weight excluding hydrogens is 308 g/mol. The second-order valence-electron chi connectivity index (χ2n) is 7.11. The number of hydrogen-bond acceptors (Lipinski definition) is 4. The van der Waals surface area contributed by atoms with Gasteiger partial charge in [-0.2, -0.15) is 0 Å². The molecule has 1 aliphatic heterocycles. The van der Waals surface area contributed by atoms with Crippen LogP contribution in [0.15, 0.2) is 0 Å². The summed E-state index contributed by atoms with van der Waals surface area (Å²) in [4.78, 5) is 37.5. The zero-order valence-electron chi connectivity index (χ0n) is 14.7. The molecule has 0 bridgehead atoms. The van der Waals surface area contributed by atoms with E-state index in [1.54, 1.807) is 4.90 Å². The molecule has 2 aliphatic rings. The van der Waals surface area contributed by atoms with Gasteiger partial charge in [-0.15, -0.1) is 0 Å². The molecule has 6 heteroatoms. The van der Waals surface area contributed by atoms with Crippen molar-refractivity contribution in [2.24, 2.45) is 11.7 Å². The molecule has 2 N–H and O–H groups in total. The zero-order chi connectivity index (χ0) is 17.5. The summed E-state index contributed by atoms with van der Waals surface area (Å²) < 4.78 is 5.48. The molecule has 2 atom stereocenters. The van der Waals surface area contributed by atoms with E-state index in [4.69, 9.17) is 10.5 Å². The third-order valence-corrected chi connectivity index (χ3v) is 5.11. The van der Waals surface area contributed by atoms with Crippen LogP contribution in [-0.2, 0) is 19.1 Å². The van der Waals surface area contributed by atoms with Gasteiger partial charge in [0.25, 0.3) is 0 Å². The first kappa shape index (κ1) is 18.7. The Labute approximate surface area is 144 Å². The first-order chi connectivity index (χ1) is 11.5. The van der Waals surface area contributed by atoms with Gasteiger partial charge in [-0.1, -0.05) is 19.8 Å². The van der Waals surface area contributed by atoms with Gasteiger partial charge in [-0.3, -0.25) is 14.4 Å². The van der Waals surface area contributed by atoms with Crippen molar-refractivity contribution in [3.63, 3.8) is 0 Å². The van der Waals surface area contributed by atoms with E-state index in [1.807, 2.05) is 0 Å². The average Bonchev–Trinajstić information content (AvgIpc) is 2.89. The van der Waals surface area contributed by atoms with Crippen molar-refractivity contribution in [3.05, 3.63) is 0 Å². The number of carbonyl (C=O) groups excluding carboxylic acids is 3. The molecular formula is C18H30N2O4. The first-order valence-electron chi connectivity index (χ1n) is 9.29. The fourth-order valence-corrected chi connectivity index (χ4v) is 3.85. The lowest BCUT2D eigenvalue weighted by Gasteiger charge is -2.26. The Balaban J connectivity index is 1.83. The normalized spacial score (nSPS) is 23.3. The lowest BCUT2D eigenvalue weighted by atomic mass is 9.98. The molecule has 6 nitrogen and oxygen atoms in total. The zero-order valence-corrected chi connectivity index (χ0v) is 14.7. The van der Waals surface area contributed by atoms with E-state index in [0.29, 0.717) is 18.9 Å². The van der Waals surface area contributed by atoms with Crippen molar-refractivity contribution in [1.82, 2.24) is 4.90 Å². The number of esters is 1. The van der Waals surface area contributed by atoms with Crippen LogP contribution < -0.4 is 5.73 Å². The highest BCUT2D eigenvalue weighted by molar-refractivity contribution is 5.88. The molecule has 0 aromatic heterocycles. The topological polar surface area (TPSA) is 89.7 Å². The molecule has 1 heterocycles. The van der Waals surface area contributed by atoms with Gasteiger partial charge in [0.05, 0.1) is 0 Å². The quantitative estimate of drug-likeness (QED) is 0.687. The highest BCUT2D eigenvalue weighted by Gasteiger charge is 2.36. The van der Waals surface area contributed by atoms with Crippen LogP contribution in [0.25, 0.3) is 0 Å². The van der Waals surface area contributed by atoms with Gasteiger partial charge in [0.1, 0.15) is 12.1 Å². The Hall–Kier alpha value is -1.59. The molecule has 2 amide bonds. The van der Waals surface area contributed by atoms with Crippen LogP contribution in [0.5, 0.6) is 0 Å². The molecule has 1 aliphatic carbocycles. The third-order valence-electron chi connectivity index (χ3n) is 5.11. The maximum absolute atomic E-state index is 12.2. The molecule has 24 heavy (non-hydrogen) atoms. The molecule has 136 valence electrons. The first-order valence-corrected chi connectivity index (χ1v) is 9.29. The second kappa shape index (κ2) is 9.04. The van der Waals surface area contributed by atoms with E-state index in [0.717, 1.165) is 38.5 Å². The number of nitrogens with zero attached hydrogens (tertiary/aromatic N) is 1. The van der Waals surface area contributed by atoms with Crippen molar-refractivity contribution in [2.45, 2.75) is 83.3 Å². The van der Waals surface area contributed by atoms with E-state index in [9.17, 15) is 14.4 Å². The van der Waals surface area contributed by atoms with Crippen LogP contribution >= 0.6 is 0 Å². The summed E-state index contributed by atoms with van der Waals surface area (Å²) in [5, 5.41) is 0. The van der Waals surface area contributed by atoms with Crippen LogP contribution in [0.2, 0.25) is 0 Å². The summed E-state index contributed by atoms with van der Waals surface area (Å²) >= 11 is 0. The lowest BCUT2D eigenvalue weighted by Crippen LogP contribution is -2.46. The summed E-state index contributed by atoms with van der Waals surface area (Å²) in [6, 6.07) is -0.696. The van der Waals surface area contributed by atoms with Gasteiger partial charge in [-0.05, 0) is 44.4 Å². The summed E-state index contributed by atoms with van der Waals surface area (Å²) in [6.07, 6.45) is 8.11. The fraction of sp³-hybridized carbons (Fsp3) is 0.833. The van der Waals surface area contributed by atoms with Gasteiger partial charge in [-0.25, -0.2) is 0 Å². The number of amides is 2. The van der Waals surface area contributed by atoms with E-state index in [2.05, 4.69) is 6.92 Å². The average molecular weight is 338 g/mol. The number of nitrogens with two attached hydrogens (primary N) is 1. The van der Waals surface area contributed by atoms with Crippen LogP contribution in [0.4, 0.5) is 0 Å². The Bertz CT molecular complexity index is 460. The van der Waals surface area contributed by atoms with Crippen molar-refractivity contribution in [1.29, 1.82) is 0 Å². The Morgan fingerprint density at radius 2 is 2.00 bits per heavy atom. The SMILES string of the molecule is CCCC1CC(=O)N(C(CCC(=O)OC2CCCCC2)C(N)=O)C1. The van der Waals surface area contributed by atoms with Crippen LogP contribution in [-0.4, -0.2) is 41.4 Å². The predicted molar refractivity (Wildman–Crippen MR) is 89.9 cm³/mol. The van der Waals surface area contributed by atoms with E-state index < -0.39 is 11.9 Å². The maximum atomic E-state index is 12.2. The smallest absolute Gasteiger partial charge is 0.306 e. The van der Waals surface area contributed by atoms with Gasteiger partial charge in [0.2, 0.25) is 11.8 Å². The third kappa shape index (κ3) is 5.21. The molecule has 1 saturated carbocycles.